The first kappa shape index (κ1) is 16.9. The second-order valence-corrected chi connectivity index (χ2v) is 4.44. The quantitative estimate of drug-likeness (QED) is 0.418. The highest BCUT2D eigenvalue weighted by molar-refractivity contribution is 6.00. The van der Waals surface area contributed by atoms with E-state index in [9.17, 15) is 9.59 Å². The molecule has 5 nitrogen and oxygen atoms in total. The molecule has 0 aliphatic carbocycles. The molecular formula is C16H20O5. The highest BCUT2D eigenvalue weighted by Gasteiger charge is 2.23. The SMILES string of the molecule is C=CCOC(C)C(=O)OC(C)C(=O)c1ccc(OC)cc1. The van der Waals surface area contributed by atoms with E-state index in [2.05, 4.69) is 6.58 Å². The van der Waals surface area contributed by atoms with Crippen LogP contribution in [0.25, 0.3) is 0 Å². The van der Waals surface area contributed by atoms with Crippen molar-refractivity contribution in [3.05, 3.63) is 42.5 Å². The van der Waals surface area contributed by atoms with Crippen LogP contribution in [0.4, 0.5) is 0 Å². The van der Waals surface area contributed by atoms with Crippen molar-refractivity contribution in [2.45, 2.75) is 26.1 Å². The number of ether oxygens (including phenoxy) is 3. The lowest BCUT2D eigenvalue weighted by Gasteiger charge is -2.16. The van der Waals surface area contributed by atoms with E-state index in [1.54, 1.807) is 38.3 Å². The van der Waals surface area contributed by atoms with Gasteiger partial charge in [0.05, 0.1) is 13.7 Å². The summed E-state index contributed by atoms with van der Waals surface area (Å²) in [5.41, 5.74) is 0.454. The lowest BCUT2D eigenvalue weighted by atomic mass is 10.1. The zero-order valence-electron chi connectivity index (χ0n) is 12.5. The van der Waals surface area contributed by atoms with Gasteiger partial charge in [-0.2, -0.15) is 0 Å². The van der Waals surface area contributed by atoms with E-state index in [4.69, 9.17) is 14.2 Å². The van der Waals surface area contributed by atoms with E-state index < -0.39 is 18.2 Å². The molecule has 0 N–H and O–H groups in total. The summed E-state index contributed by atoms with van der Waals surface area (Å²) < 4.78 is 15.3. The Labute approximate surface area is 124 Å². The van der Waals surface area contributed by atoms with Gasteiger partial charge in [0.25, 0.3) is 0 Å². The van der Waals surface area contributed by atoms with Gasteiger partial charge < -0.3 is 14.2 Å². The van der Waals surface area contributed by atoms with Crippen LogP contribution in [-0.2, 0) is 14.3 Å². The topological polar surface area (TPSA) is 61.8 Å². The molecule has 1 aromatic carbocycles. The Morgan fingerprint density at radius 1 is 1.19 bits per heavy atom. The molecule has 0 saturated carbocycles. The molecule has 21 heavy (non-hydrogen) atoms. The van der Waals surface area contributed by atoms with Crippen molar-refractivity contribution in [3.63, 3.8) is 0 Å². The number of hydrogen-bond acceptors (Lipinski definition) is 5. The minimum Gasteiger partial charge on any atom is -0.497 e. The van der Waals surface area contributed by atoms with Crippen LogP contribution in [0, 0.1) is 0 Å². The fourth-order valence-corrected chi connectivity index (χ4v) is 1.59. The van der Waals surface area contributed by atoms with Gasteiger partial charge in [0.1, 0.15) is 5.75 Å². The Morgan fingerprint density at radius 3 is 2.33 bits per heavy atom. The monoisotopic (exact) mass is 292 g/mol. The second-order valence-electron chi connectivity index (χ2n) is 4.44. The van der Waals surface area contributed by atoms with Gasteiger partial charge in [-0.05, 0) is 38.1 Å². The lowest BCUT2D eigenvalue weighted by Crippen LogP contribution is -2.31. The van der Waals surface area contributed by atoms with Gasteiger partial charge in [0, 0.05) is 5.56 Å². The predicted octanol–water partition coefficient (Wildman–Crippen LogP) is 2.40. The van der Waals surface area contributed by atoms with E-state index >= 15 is 0 Å². The normalized spacial score (nSPS) is 13.1. The average Bonchev–Trinajstić information content (AvgIpc) is 2.51. The summed E-state index contributed by atoms with van der Waals surface area (Å²) in [6.07, 6.45) is -0.0785. The molecule has 1 rings (SSSR count). The molecule has 0 bridgehead atoms. The molecule has 114 valence electrons. The van der Waals surface area contributed by atoms with Gasteiger partial charge in [-0.15, -0.1) is 6.58 Å². The summed E-state index contributed by atoms with van der Waals surface area (Å²) in [6, 6.07) is 6.61. The first-order valence-corrected chi connectivity index (χ1v) is 6.60. The zero-order valence-corrected chi connectivity index (χ0v) is 12.5. The summed E-state index contributed by atoms with van der Waals surface area (Å²) in [6.45, 7) is 6.84. The zero-order chi connectivity index (χ0) is 15.8. The van der Waals surface area contributed by atoms with E-state index in [0.717, 1.165) is 0 Å². The number of esters is 1. The van der Waals surface area contributed by atoms with Crippen LogP contribution in [0.1, 0.15) is 24.2 Å². The summed E-state index contributed by atoms with van der Waals surface area (Å²) >= 11 is 0. The van der Waals surface area contributed by atoms with Crippen LogP contribution >= 0.6 is 0 Å². The van der Waals surface area contributed by atoms with E-state index in [-0.39, 0.29) is 12.4 Å². The highest BCUT2D eigenvalue weighted by atomic mass is 16.6. The van der Waals surface area contributed by atoms with Crippen molar-refractivity contribution in [1.29, 1.82) is 0 Å². The number of ketones is 1. The number of carbonyl (C=O) groups excluding carboxylic acids is 2. The Hall–Kier alpha value is -2.14. The third-order valence-corrected chi connectivity index (χ3v) is 2.83. The highest BCUT2D eigenvalue weighted by Crippen LogP contribution is 2.14. The molecule has 2 unspecified atom stereocenters. The number of benzene rings is 1. The molecule has 2 atom stereocenters. The molecule has 0 aliphatic rings. The Kier molecular flexibility index (Phi) is 6.62. The van der Waals surface area contributed by atoms with Crippen LogP contribution in [-0.4, -0.2) is 37.7 Å². The number of hydrogen-bond donors (Lipinski definition) is 0. The van der Waals surface area contributed by atoms with Crippen LogP contribution in [0.2, 0.25) is 0 Å². The summed E-state index contributed by atoms with van der Waals surface area (Å²) in [4.78, 5) is 23.9. The molecule has 0 aromatic heterocycles. The number of rotatable bonds is 8. The number of Topliss-reactive ketones (excluding diaryl/α,β-unsaturated/α-hetero) is 1. The van der Waals surface area contributed by atoms with E-state index in [1.807, 2.05) is 0 Å². The van der Waals surface area contributed by atoms with Crippen molar-refractivity contribution < 1.29 is 23.8 Å². The third kappa shape index (κ3) is 5.04. The first-order valence-electron chi connectivity index (χ1n) is 6.60. The maximum Gasteiger partial charge on any atom is 0.335 e. The molecule has 5 heteroatoms. The lowest BCUT2D eigenvalue weighted by molar-refractivity contribution is -0.157. The molecule has 0 heterocycles. The van der Waals surface area contributed by atoms with Crippen molar-refractivity contribution in [2.75, 3.05) is 13.7 Å². The molecule has 0 spiro atoms. The van der Waals surface area contributed by atoms with Crippen molar-refractivity contribution in [1.82, 2.24) is 0 Å². The molecule has 0 radical (unpaired) electrons. The summed E-state index contributed by atoms with van der Waals surface area (Å²) in [5.74, 6) is -0.198. The summed E-state index contributed by atoms with van der Waals surface area (Å²) in [7, 11) is 1.55. The van der Waals surface area contributed by atoms with Gasteiger partial charge in [0.15, 0.2) is 12.2 Å². The molecule has 0 fully saturated rings. The minimum absolute atomic E-state index is 0.247. The number of carbonyl (C=O) groups is 2. The molecule has 0 saturated heterocycles. The predicted molar refractivity (Wildman–Crippen MR) is 78.5 cm³/mol. The van der Waals surface area contributed by atoms with Crippen molar-refractivity contribution in [2.24, 2.45) is 0 Å². The standard InChI is InChI=1S/C16H20O5/c1-5-10-20-12(3)16(18)21-11(2)15(17)13-6-8-14(19-4)9-7-13/h5-9,11-12H,1,10H2,2-4H3. The fraction of sp³-hybridized carbons (Fsp3) is 0.375. The first-order chi connectivity index (χ1) is 9.99. The maximum absolute atomic E-state index is 12.1. The smallest absolute Gasteiger partial charge is 0.335 e. The summed E-state index contributed by atoms with van der Waals surface area (Å²) in [5, 5.41) is 0. The van der Waals surface area contributed by atoms with Crippen molar-refractivity contribution in [3.8, 4) is 5.75 Å². The van der Waals surface area contributed by atoms with Gasteiger partial charge in [-0.25, -0.2) is 4.79 Å². The van der Waals surface area contributed by atoms with Crippen LogP contribution in [0.5, 0.6) is 5.75 Å². The van der Waals surface area contributed by atoms with Crippen LogP contribution < -0.4 is 4.74 Å². The van der Waals surface area contributed by atoms with Crippen LogP contribution in [0.3, 0.4) is 0 Å². The third-order valence-electron chi connectivity index (χ3n) is 2.83. The van der Waals surface area contributed by atoms with E-state index in [1.165, 1.54) is 13.0 Å². The molecule has 0 aliphatic heterocycles. The second kappa shape index (κ2) is 8.21. The Bertz CT molecular complexity index is 492. The molecule has 1 aromatic rings. The maximum atomic E-state index is 12.1. The van der Waals surface area contributed by atoms with E-state index in [0.29, 0.717) is 11.3 Å². The Morgan fingerprint density at radius 2 is 1.81 bits per heavy atom. The number of methoxy groups -OCH3 is 1. The van der Waals surface area contributed by atoms with Gasteiger partial charge >= 0.3 is 5.97 Å². The average molecular weight is 292 g/mol. The van der Waals surface area contributed by atoms with Gasteiger partial charge in [-0.1, -0.05) is 6.08 Å². The van der Waals surface area contributed by atoms with Crippen molar-refractivity contribution >= 4 is 11.8 Å². The molecular weight excluding hydrogens is 272 g/mol. The Balaban J connectivity index is 2.60. The largest absolute Gasteiger partial charge is 0.497 e. The van der Waals surface area contributed by atoms with Gasteiger partial charge in [-0.3, -0.25) is 4.79 Å². The molecule has 0 amide bonds. The minimum atomic E-state index is -0.874. The van der Waals surface area contributed by atoms with Crippen LogP contribution in [0.15, 0.2) is 36.9 Å². The van der Waals surface area contributed by atoms with Gasteiger partial charge in [0.2, 0.25) is 5.78 Å². The fourth-order valence-electron chi connectivity index (χ4n) is 1.59.